The van der Waals surface area contributed by atoms with E-state index < -0.39 is 33.2 Å². The SMILES string of the molecule is CCCCOc1ccc(C2(C)CC(c3ccn(C(C)C)n3)=C(C(=O)NS(C)(=O)=O)C(=O)N2)c(F)c1. The van der Waals surface area contributed by atoms with Gasteiger partial charge in [0.25, 0.3) is 11.8 Å². The summed E-state index contributed by atoms with van der Waals surface area (Å²) in [4.78, 5) is 26.0. The molecule has 1 atom stereocenters. The molecule has 1 aliphatic heterocycles. The number of hydrogen-bond acceptors (Lipinski definition) is 6. The molecule has 11 heteroatoms. The topological polar surface area (TPSA) is 119 Å². The van der Waals surface area contributed by atoms with Crippen LogP contribution >= 0.6 is 0 Å². The highest BCUT2D eigenvalue weighted by molar-refractivity contribution is 7.89. The average Bonchev–Trinajstić information content (AvgIpc) is 3.22. The first kappa shape index (κ1) is 26.4. The van der Waals surface area contributed by atoms with E-state index in [0.29, 0.717) is 18.1 Å². The van der Waals surface area contributed by atoms with Crippen LogP contribution in [0.15, 0.2) is 36.0 Å². The second-order valence-corrected chi connectivity index (χ2v) is 10.9. The molecule has 190 valence electrons. The van der Waals surface area contributed by atoms with Crippen LogP contribution in [0.1, 0.15) is 64.3 Å². The number of amides is 2. The van der Waals surface area contributed by atoms with E-state index in [4.69, 9.17) is 4.74 Å². The zero-order chi connectivity index (χ0) is 26.0. The molecule has 1 unspecified atom stereocenters. The van der Waals surface area contributed by atoms with Crippen LogP contribution in [0, 0.1) is 5.82 Å². The van der Waals surface area contributed by atoms with Crippen LogP contribution in [-0.4, -0.2) is 42.9 Å². The Hall–Kier alpha value is -3.21. The molecule has 1 aromatic heterocycles. The van der Waals surface area contributed by atoms with E-state index in [1.54, 1.807) is 36.0 Å². The Morgan fingerprint density at radius 2 is 2.06 bits per heavy atom. The van der Waals surface area contributed by atoms with Gasteiger partial charge in [-0.05, 0) is 39.3 Å². The van der Waals surface area contributed by atoms with Gasteiger partial charge in [-0.1, -0.05) is 19.4 Å². The van der Waals surface area contributed by atoms with Gasteiger partial charge in [-0.25, -0.2) is 17.5 Å². The van der Waals surface area contributed by atoms with Crippen molar-refractivity contribution >= 4 is 27.4 Å². The second kappa shape index (κ2) is 10.2. The molecule has 0 saturated carbocycles. The Morgan fingerprint density at radius 3 is 2.63 bits per heavy atom. The monoisotopic (exact) mass is 506 g/mol. The summed E-state index contributed by atoms with van der Waals surface area (Å²) in [7, 11) is -3.93. The van der Waals surface area contributed by atoms with Crippen LogP contribution in [-0.2, 0) is 25.2 Å². The number of nitrogens with one attached hydrogen (secondary N) is 2. The maximum Gasteiger partial charge on any atom is 0.270 e. The van der Waals surface area contributed by atoms with Crippen LogP contribution in [0.3, 0.4) is 0 Å². The molecule has 35 heavy (non-hydrogen) atoms. The predicted molar refractivity (Wildman–Crippen MR) is 129 cm³/mol. The number of unbranched alkanes of at least 4 members (excludes halogenated alkanes) is 1. The van der Waals surface area contributed by atoms with Crippen molar-refractivity contribution in [3.05, 3.63) is 53.1 Å². The summed E-state index contributed by atoms with van der Waals surface area (Å²) in [6.45, 7) is 7.97. The Balaban J connectivity index is 2.06. The fourth-order valence-corrected chi connectivity index (χ4v) is 4.37. The summed E-state index contributed by atoms with van der Waals surface area (Å²) in [6.07, 6.45) is 4.32. The van der Waals surface area contributed by atoms with Gasteiger partial charge < -0.3 is 10.1 Å². The molecule has 2 heterocycles. The minimum absolute atomic E-state index is 0.00726. The Morgan fingerprint density at radius 1 is 1.34 bits per heavy atom. The summed E-state index contributed by atoms with van der Waals surface area (Å²) in [6, 6.07) is 6.10. The van der Waals surface area contributed by atoms with E-state index in [9.17, 15) is 18.0 Å². The third-order valence-corrected chi connectivity index (χ3v) is 6.26. The van der Waals surface area contributed by atoms with Crippen LogP contribution in [0.25, 0.3) is 5.57 Å². The molecule has 2 N–H and O–H groups in total. The largest absolute Gasteiger partial charge is 0.493 e. The molecule has 9 nitrogen and oxygen atoms in total. The Labute approximate surface area is 204 Å². The Kier molecular flexibility index (Phi) is 7.68. The Bertz CT molecular complexity index is 1270. The molecule has 3 rings (SSSR count). The van der Waals surface area contributed by atoms with Gasteiger partial charge in [0, 0.05) is 35.9 Å². The summed E-state index contributed by atoms with van der Waals surface area (Å²) in [5, 5.41) is 7.17. The molecule has 1 aliphatic rings. The summed E-state index contributed by atoms with van der Waals surface area (Å²) < 4.78 is 47.6. The number of nitrogens with zero attached hydrogens (tertiary/aromatic N) is 2. The van der Waals surface area contributed by atoms with Crippen LogP contribution in [0.2, 0.25) is 0 Å². The molecule has 2 aromatic rings. The first-order valence-electron chi connectivity index (χ1n) is 11.4. The molecular weight excluding hydrogens is 475 g/mol. The molecule has 0 saturated heterocycles. The average molecular weight is 507 g/mol. The zero-order valence-corrected chi connectivity index (χ0v) is 21.3. The summed E-state index contributed by atoms with van der Waals surface area (Å²) in [5.41, 5.74) is -0.841. The standard InChI is InChI=1S/C24H31FN4O5S/c1-6-7-12-34-16-8-9-18(19(25)13-16)24(4)14-17(20-10-11-29(27-20)15(2)3)21(22(30)26-24)23(31)28-35(5,32)33/h8-11,13,15H,6-7,12,14H2,1-5H3,(H,26,30)(H,28,31). The third-order valence-electron chi connectivity index (χ3n) is 5.70. The number of sulfonamides is 1. The van der Waals surface area contributed by atoms with Crippen LogP contribution in [0.4, 0.5) is 4.39 Å². The molecule has 0 bridgehead atoms. The van der Waals surface area contributed by atoms with Gasteiger partial charge in [-0.3, -0.25) is 14.3 Å². The van der Waals surface area contributed by atoms with Gasteiger partial charge in [0.1, 0.15) is 17.1 Å². The first-order valence-corrected chi connectivity index (χ1v) is 13.3. The van der Waals surface area contributed by atoms with Crippen molar-refractivity contribution in [3.63, 3.8) is 0 Å². The highest BCUT2D eigenvalue weighted by atomic mass is 32.2. The van der Waals surface area contributed by atoms with E-state index in [2.05, 4.69) is 10.4 Å². The van der Waals surface area contributed by atoms with Gasteiger partial charge in [0.15, 0.2) is 0 Å². The molecular formula is C24H31FN4O5S. The first-order chi connectivity index (χ1) is 16.3. The maximum absolute atomic E-state index is 15.2. The van der Waals surface area contributed by atoms with E-state index in [1.165, 1.54) is 6.07 Å². The maximum atomic E-state index is 15.2. The van der Waals surface area contributed by atoms with Crippen LogP contribution < -0.4 is 14.8 Å². The lowest BCUT2D eigenvalue weighted by molar-refractivity contribution is -0.124. The smallest absolute Gasteiger partial charge is 0.270 e. The van der Waals surface area contributed by atoms with Crippen molar-refractivity contribution in [2.75, 3.05) is 12.9 Å². The fourth-order valence-electron chi connectivity index (χ4n) is 3.93. The summed E-state index contributed by atoms with van der Waals surface area (Å²) in [5.74, 6) is -2.08. The van der Waals surface area contributed by atoms with Crippen molar-refractivity contribution < 1.29 is 27.1 Å². The van der Waals surface area contributed by atoms with E-state index in [-0.39, 0.29) is 29.2 Å². The van der Waals surface area contributed by atoms with Crippen molar-refractivity contribution in [2.45, 2.75) is 58.5 Å². The normalized spacial score (nSPS) is 18.5. The highest BCUT2D eigenvalue weighted by Gasteiger charge is 2.42. The number of aromatic nitrogens is 2. The fraction of sp³-hybridized carbons (Fsp3) is 0.458. The van der Waals surface area contributed by atoms with Gasteiger partial charge >= 0.3 is 0 Å². The lowest BCUT2D eigenvalue weighted by Crippen LogP contribution is -2.51. The molecule has 0 fully saturated rings. The highest BCUT2D eigenvalue weighted by Crippen LogP contribution is 2.39. The van der Waals surface area contributed by atoms with E-state index in [1.807, 2.05) is 25.5 Å². The number of carbonyl (C=O) groups excluding carboxylic acids is 2. The number of halogens is 1. The van der Waals surface area contributed by atoms with E-state index >= 15 is 4.39 Å². The van der Waals surface area contributed by atoms with Gasteiger partial charge in [0.2, 0.25) is 10.0 Å². The van der Waals surface area contributed by atoms with Crippen molar-refractivity contribution in [3.8, 4) is 5.75 Å². The van der Waals surface area contributed by atoms with Crippen molar-refractivity contribution in [2.24, 2.45) is 0 Å². The van der Waals surface area contributed by atoms with Gasteiger partial charge in [-0.2, -0.15) is 5.10 Å². The van der Waals surface area contributed by atoms with Gasteiger partial charge in [-0.15, -0.1) is 0 Å². The minimum Gasteiger partial charge on any atom is -0.493 e. The lowest BCUT2D eigenvalue weighted by Gasteiger charge is -2.37. The quantitative estimate of drug-likeness (QED) is 0.399. The second-order valence-electron chi connectivity index (χ2n) is 9.14. The molecule has 0 aliphatic carbocycles. The van der Waals surface area contributed by atoms with Gasteiger partial charge in [0.05, 0.1) is 24.1 Å². The number of rotatable bonds is 9. The minimum atomic E-state index is -3.93. The number of benzene rings is 1. The molecule has 0 spiro atoms. The molecule has 0 radical (unpaired) electrons. The van der Waals surface area contributed by atoms with E-state index in [0.717, 1.165) is 19.1 Å². The lowest BCUT2D eigenvalue weighted by atomic mass is 9.79. The zero-order valence-electron chi connectivity index (χ0n) is 20.5. The predicted octanol–water partition coefficient (Wildman–Crippen LogP) is 3.05. The van der Waals surface area contributed by atoms with Crippen molar-refractivity contribution in [1.29, 1.82) is 0 Å². The third kappa shape index (κ3) is 6.08. The molecule has 1 aromatic carbocycles. The molecule has 2 amide bonds. The van der Waals surface area contributed by atoms with Crippen LogP contribution in [0.5, 0.6) is 5.75 Å². The number of carbonyl (C=O) groups is 2. The number of ether oxygens (including phenoxy) is 1. The summed E-state index contributed by atoms with van der Waals surface area (Å²) >= 11 is 0. The number of hydrogen-bond donors (Lipinski definition) is 2. The van der Waals surface area contributed by atoms with Crippen molar-refractivity contribution in [1.82, 2.24) is 19.8 Å².